The van der Waals surface area contributed by atoms with E-state index < -0.39 is 27.7 Å². The van der Waals surface area contributed by atoms with Gasteiger partial charge in [0.2, 0.25) is 0 Å². The summed E-state index contributed by atoms with van der Waals surface area (Å²) in [6, 6.07) is 0. The number of alkyl halides is 6. The number of hydrogen-bond acceptors (Lipinski definition) is 2. The molecule has 0 saturated carbocycles. The Kier molecular flexibility index (Phi) is 9.95. The van der Waals surface area contributed by atoms with Gasteiger partial charge in [-0.2, -0.15) is 30.4 Å². The zero-order valence-electron chi connectivity index (χ0n) is 12.6. The van der Waals surface area contributed by atoms with Crippen molar-refractivity contribution in [3.63, 3.8) is 0 Å². The Bertz CT molecular complexity index is 591. The van der Waals surface area contributed by atoms with E-state index in [2.05, 4.69) is 23.5 Å². The Balaban J connectivity index is 0. The zero-order chi connectivity index (χ0) is 18.5. The van der Waals surface area contributed by atoms with E-state index in [1.54, 1.807) is 0 Å². The molecule has 1 aromatic rings. The van der Waals surface area contributed by atoms with Crippen LogP contribution < -0.4 is 17.0 Å². The molecule has 1 atom stereocenters. The van der Waals surface area contributed by atoms with Gasteiger partial charge >= 0.3 is 21.5 Å². The van der Waals surface area contributed by atoms with E-state index in [1.165, 1.54) is 25.1 Å². The van der Waals surface area contributed by atoms with Crippen LogP contribution >= 0.6 is 0 Å². The molecule has 0 aliphatic carbocycles. The largest absolute Gasteiger partial charge is 1.00 e. The molecule has 13 heteroatoms. The first-order chi connectivity index (χ1) is 10.2. The Labute approximate surface area is 141 Å². The minimum absolute atomic E-state index is 0. The summed E-state index contributed by atoms with van der Waals surface area (Å²) in [7, 11) is -4.34. The lowest BCUT2D eigenvalue weighted by molar-refractivity contribution is -0.677. The second-order valence-electron chi connectivity index (χ2n) is 4.56. The van der Waals surface area contributed by atoms with Crippen LogP contribution in [-0.2, 0) is 23.6 Å². The fraction of sp³-hybridized carbons (Fsp3) is 0.727. The normalized spacial score (nSPS) is 13.5. The van der Waals surface area contributed by atoms with E-state index in [1.807, 2.05) is 12.4 Å². The molecule has 0 aromatic carbocycles. The average molecular weight is 407 g/mol. The molecule has 0 radical (unpaired) electrons. The lowest BCUT2D eigenvalue weighted by atomic mass is 10.2. The number of imidazole rings is 1. The molecule has 0 aliphatic heterocycles. The molecule has 24 heavy (non-hydrogen) atoms. The summed E-state index contributed by atoms with van der Waals surface area (Å²) in [5, 5.41) is -5.88. The van der Waals surface area contributed by atoms with E-state index in [0.717, 1.165) is 0 Å². The number of rotatable bonds is 5. The van der Waals surface area contributed by atoms with Gasteiger partial charge in [-0.25, -0.2) is 13.9 Å². The minimum atomic E-state index is -6.41. The third-order valence-electron chi connectivity index (χ3n) is 2.67. The molecule has 2 N–H and O–H groups in total. The lowest BCUT2D eigenvalue weighted by Gasteiger charge is -2.19. The Morgan fingerprint density at radius 3 is 2.04 bits per heavy atom. The Morgan fingerprint density at radius 1 is 1.29 bits per heavy atom. The highest BCUT2D eigenvalue weighted by atomic mass is 35.5. The standard InChI is InChI=1S/C8H14N2.C3H2F6O3S.ClH/c1-3-4-5-8-9-6-7-10(8)2;4-1(2(5,6)7)3(8,9)13(10,11)12;/h6-7H,3-5H2,1-2H3;1H,(H,10,11,12);1H. The molecule has 0 spiro atoms. The number of aryl methyl sites for hydroxylation is 2. The van der Waals surface area contributed by atoms with Crippen LogP contribution in [0.4, 0.5) is 26.3 Å². The third-order valence-corrected chi connectivity index (χ3v) is 3.56. The van der Waals surface area contributed by atoms with E-state index in [4.69, 9.17) is 4.55 Å². The molecular formula is C11H17ClF6N2O3S. The molecule has 0 saturated heterocycles. The summed E-state index contributed by atoms with van der Waals surface area (Å²) in [5.41, 5.74) is 0. The molecule has 1 unspecified atom stereocenters. The minimum Gasteiger partial charge on any atom is -1.00 e. The average Bonchev–Trinajstić information content (AvgIpc) is 2.79. The van der Waals surface area contributed by atoms with Gasteiger partial charge in [-0.1, -0.05) is 13.3 Å². The van der Waals surface area contributed by atoms with Crippen molar-refractivity contribution in [3.05, 3.63) is 18.2 Å². The number of hydrogen-bond donors (Lipinski definition) is 2. The fourth-order valence-electron chi connectivity index (χ4n) is 1.35. The number of nitrogens with one attached hydrogen (secondary N) is 1. The van der Waals surface area contributed by atoms with Crippen molar-refractivity contribution in [2.75, 3.05) is 0 Å². The maximum Gasteiger partial charge on any atom is 0.426 e. The van der Waals surface area contributed by atoms with Crippen LogP contribution in [-0.4, -0.2) is 35.6 Å². The summed E-state index contributed by atoms with van der Waals surface area (Å²) >= 11 is 0. The number of nitrogens with zero attached hydrogens (tertiary/aromatic N) is 1. The zero-order valence-corrected chi connectivity index (χ0v) is 14.2. The number of aromatic amines is 1. The Morgan fingerprint density at radius 2 is 1.79 bits per heavy atom. The van der Waals surface area contributed by atoms with E-state index >= 15 is 0 Å². The molecule has 0 fully saturated rings. The fourth-order valence-corrected chi connectivity index (χ4v) is 1.75. The van der Waals surface area contributed by atoms with Crippen LogP contribution in [0.1, 0.15) is 25.6 Å². The van der Waals surface area contributed by atoms with Gasteiger partial charge in [-0.3, -0.25) is 4.55 Å². The monoisotopic (exact) mass is 406 g/mol. The molecule has 0 bridgehead atoms. The van der Waals surface area contributed by atoms with Crippen molar-refractivity contribution in [1.82, 2.24) is 4.98 Å². The summed E-state index contributed by atoms with van der Waals surface area (Å²) in [6.07, 6.45) is -3.28. The molecule has 1 heterocycles. The van der Waals surface area contributed by atoms with Crippen LogP contribution in [0, 0.1) is 0 Å². The van der Waals surface area contributed by atoms with Crippen molar-refractivity contribution in [2.45, 2.75) is 43.8 Å². The molecule has 0 amide bonds. The molecule has 5 nitrogen and oxygen atoms in total. The van der Waals surface area contributed by atoms with Crippen LogP contribution in [0.3, 0.4) is 0 Å². The predicted octanol–water partition coefficient (Wildman–Crippen LogP) is -0.447. The van der Waals surface area contributed by atoms with Crippen molar-refractivity contribution in [3.8, 4) is 0 Å². The quantitative estimate of drug-likeness (QED) is 0.395. The van der Waals surface area contributed by atoms with Gasteiger partial charge in [0.1, 0.15) is 12.4 Å². The molecule has 0 aliphatic rings. The maximum atomic E-state index is 11.9. The summed E-state index contributed by atoms with van der Waals surface area (Å²) in [4.78, 5) is 3.20. The molecule has 144 valence electrons. The van der Waals surface area contributed by atoms with Crippen molar-refractivity contribution in [1.29, 1.82) is 0 Å². The van der Waals surface area contributed by atoms with Crippen molar-refractivity contribution >= 4 is 10.1 Å². The number of aromatic nitrogens is 2. The van der Waals surface area contributed by atoms with Gasteiger partial charge in [0.05, 0.1) is 7.05 Å². The summed E-state index contributed by atoms with van der Waals surface area (Å²) in [6.45, 7) is 2.21. The van der Waals surface area contributed by atoms with Gasteiger partial charge in [0.25, 0.3) is 12.0 Å². The number of H-pyrrole nitrogens is 1. The molecule has 1 rings (SSSR count). The highest BCUT2D eigenvalue weighted by Crippen LogP contribution is 2.37. The van der Waals surface area contributed by atoms with Crippen LogP contribution in [0.25, 0.3) is 0 Å². The van der Waals surface area contributed by atoms with Crippen LogP contribution in [0.5, 0.6) is 0 Å². The highest BCUT2D eigenvalue weighted by Gasteiger charge is 2.64. The van der Waals surface area contributed by atoms with Gasteiger partial charge < -0.3 is 12.4 Å². The molecular weight excluding hydrogens is 390 g/mol. The summed E-state index contributed by atoms with van der Waals surface area (Å²) < 4.78 is 98.2. The van der Waals surface area contributed by atoms with E-state index in [-0.39, 0.29) is 12.4 Å². The second-order valence-corrected chi connectivity index (χ2v) is 6.06. The lowest BCUT2D eigenvalue weighted by Crippen LogP contribution is -3.00. The number of unbranched alkanes of at least 4 members (excludes halogenated alkanes) is 1. The van der Waals surface area contributed by atoms with Gasteiger partial charge in [0, 0.05) is 6.42 Å². The maximum absolute atomic E-state index is 11.9. The highest BCUT2D eigenvalue weighted by molar-refractivity contribution is 7.86. The van der Waals surface area contributed by atoms with Gasteiger partial charge in [0.15, 0.2) is 0 Å². The summed E-state index contributed by atoms with van der Waals surface area (Å²) in [5.74, 6) is 1.32. The van der Waals surface area contributed by atoms with Crippen LogP contribution in [0.15, 0.2) is 12.4 Å². The van der Waals surface area contributed by atoms with Crippen LogP contribution in [0.2, 0.25) is 0 Å². The first kappa shape index (κ1) is 25.2. The SMILES string of the molecule is CCCCc1[nH]cc[n+]1C.O=S(=O)(O)C(F)(F)C(F)C(F)(F)F.[Cl-]. The molecule has 1 aromatic heterocycles. The van der Waals surface area contributed by atoms with Crippen molar-refractivity contribution in [2.24, 2.45) is 7.05 Å². The topological polar surface area (TPSA) is 74.0 Å². The smallest absolute Gasteiger partial charge is 0.426 e. The predicted molar refractivity (Wildman–Crippen MR) is 68.0 cm³/mol. The first-order valence-electron chi connectivity index (χ1n) is 6.32. The van der Waals surface area contributed by atoms with Crippen molar-refractivity contribution < 1.29 is 56.3 Å². The second kappa shape index (κ2) is 9.47. The van der Waals surface area contributed by atoms with E-state index in [9.17, 15) is 34.8 Å². The third kappa shape index (κ3) is 7.26. The first-order valence-corrected chi connectivity index (χ1v) is 7.76. The number of halogens is 7. The van der Waals surface area contributed by atoms with Gasteiger partial charge in [-0.05, 0) is 6.42 Å². The van der Waals surface area contributed by atoms with Gasteiger partial charge in [-0.15, -0.1) is 0 Å². The van der Waals surface area contributed by atoms with E-state index in [0.29, 0.717) is 0 Å². The Hall–Kier alpha value is -1.01.